The van der Waals surface area contributed by atoms with E-state index in [4.69, 9.17) is 4.42 Å². The smallest absolute Gasteiger partial charge is 0.126 e. The van der Waals surface area contributed by atoms with Crippen LogP contribution in [0.5, 0.6) is 0 Å². The van der Waals surface area contributed by atoms with Crippen LogP contribution in [0.4, 0.5) is 0 Å². The first kappa shape index (κ1) is 9.38. The summed E-state index contributed by atoms with van der Waals surface area (Å²) in [6.45, 7) is 0. The Labute approximate surface area is 85.2 Å². The average Bonchev–Trinajstić information content (AvgIpc) is 2.65. The summed E-state index contributed by atoms with van der Waals surface area (Å²) < 4.78 is 5.46. The van der Waals surface area contributed by atoms with Gasteiger partial charge in [-0.15, -0.1) is 0 Å². The molecule has 0 saturated carbocycles. The molecule has 0 bridgehead atoms. The van der Waals surface area contributed by atoms with Gasteiger partial charge < -0.3 is 9.32 Å². The zero-order valence-electron chi connectivity index (χ0n) is 8.65. The molecule has 1 aliphatic heterocycles. The van der Waals surface area contributed by atoms with E-state index in [2.05, 4.69) is 30.3 Å². The van der Waals surface area contributed by atoms with Crippen LogP contribution in [0.25, 0.3) is 0 Å². The van der Waals surface area contributed by atoms with Gasteiger partial charge in [0.1, 0.15) is 5.76 Å². The second kappa shape index (κ2) is 4.36. The highest BCUT2D eigenvalue weighted by atomic mass is 16.3. The molecule has 0 aliphatic carbocycles. The summed E-state index contributed by atoms with van der Waals surface area (Å²) in [4.78, 5) is 2.25. The van der Waals surface area contributed by atoms with E-state index in [1.165, 1.54) is 25.7 Å². The summed E-state index contributed by atoms with van der Waals surface area (Å²) in [5.74, 6) is 1.08. The first-order chi connectivity index (χ1) is 6.88. The monoisotopic (exact) mass is 191 g/mol. The van der Waals surface area contributed by atoms with Gasteiger partial charge in [0.15, 0.2) is 0 Å². The van der Waals surface area contributed by atoms with Gasteiger partial charge in [-0.1, -0.05) is 12.5 Å². The molecule has 2 heterocycles. The number of hydrogen-bond donors (Lipinski definition) is 0. The van der Waals surface area contributed by atoms with E-state index < -0.39 is 0 Å². The summed E-state index contributed by atoms with van der Waals surface area (Å²) in [5.41, 5.74) is 0. The maximum atomic E-state index is 5.46. The third-order valence-electron chi connectivity index (χ3n) is 2.80. The molecule has 0 saturated heterocycles. The Bertz CT molecular complexity index is 289. The van der Waals surface area contributed by atoms with Crippen molar-refractivity contribution in [3.8, 4) is 0 Å². The fourth-order valence-electron chi connectivity index (χ4n) is 1.97. The summed E-state index contributed by atoms with van der Waals surface area (Å²) in [6, 6.07) is 4.45. The first-order valence-corrected chi connectivity index (χ1v) is 5.30. The van der Waals surface area contributed by atoms with Crippen molar-refractivity contribution in [2.45, 2.75) is 31.7 Å². The number of hydrogen-bond acceptors (Lipinski definition) is 2. The van der Waals surface area contributed by atoms with Gasteiger partial charge in [0, 0.05) is 7.05 Å². The standard InChI is InChI=1S/C12H17NO/c1-13-9-5-3-2-4-7-11(13)12-8-6-10-14-12/h5-6,8-11H,2-4,7H2,1H3. The van der Waals surface area contributed by atoms with Gasteiger partial charge in [-0.05, 0) is 37.6 Å². The van der Waals surface area contributed by atoms with Crippen LogP contribution in [-0.2, 0) is 0 Å². The minimum absolute atomic E-state index is 0.418. The largest absolute Gasteiger partial charge is 0.467 e. The first-order valence-electron chi connectivity index (χ1n) is 5.30. The SMILES string of the molecule is CN1C=CCCCCC1c1ccco1. The number of nitrogens with zero attached hydrogens (tertiary/aromatic N) is 1. The van der Waals surface area contributed by atoms with Gasteiger partial charge in [-0.25, -0.2) is 0 Å². The van der Waals surface area contributed by atoms with Crippen LogP contribution >= 0.6 is 0 Å². The van der Waals surface area contributed by atoms with Crippen LogP contribution < -0.4 is 0 Å². The molecule has 0 aromatic carbocycles. The fraction of sp³-hybridized carbons (Fsp3) is 0.500. The Morgan fingerprint density at radius 2 is 2.36 bits per heavy atom. The van der Waals surface area contributed by atoms with E-state index >= 15 is 0 Å². The molecule has 1 aromatic rings. The molecule has 0 fully saturated rings. The molecule has 2 heteroatoms. The van der Waals surface area contributed by atoms with Crippen molar-refractivity contribution in [1.29, 1.82) is 0 Å². The molecule has 0 amide bonds. The third-order valence-corrected chi connectivity index (χ3v) is 2.80. The van der Waals surface area contributed by atoms with Crippen molar-refractivity contribution in [2.24, 2.45) is 0 Å². The molecular weight excluding hydrogens is 174 g/mol. The molecule has 2 rings (SSSR count). The van der Waals surface area contributed by atoms with Crippen molar-refractivity contribution < 1.29 is 4.42 Å². The van der Waals surface area contributed by atoms with Gasteiger partial charge in [0.25, 0.3) is 0 Å². The highest BCUT2D eigenvalue weighted by molar-refractivity contribution is 5.06. The second-order valence-electron chi connectivity index (χ2n) is 3.87. The average molecular weight is 191 g/mol. The highest BCUT2D eigenvalue weighted by Crippen LogP contribution is 2.27. The lowest BCUT2D eigenvalue weighted by atomic mass is 10.0. The normalized spacial score (nSPS) is 23.2. The molecule has 1 aromatic heterocycles. The quantitative estimate of drug-likeness (QED) is 0.677. The summed E-state index contributed by atoms with van der Waals surface area (Å²) >= 11 is 0. The minimum atomic E-state index is 0.418. The van der Waals surface area contributed by atoms with Gasteiger partial charge in [-0.2, -0.15) is 0 Å². The molecule has 1 unspecified atom stereocenters. The van der Waals surface area contributed by atoms with Crippen LogP contribution in [0.3, 0.4) is 0 Å². The van der Waals surface area contributed by atoms with E-state index in [1.807, 2.05) is 6.07 Å². The van der Waals surface area contributed by atoms with Crippen molar-refractivity contribution in [3.63, 3.8) is 0 Å². The lowest BCUT2D eigenvalue weighted by molar-refractivity contribution is 0.261. The molecule has 1 atom stereocenters. The molecule has 14 heavy (non-hydrogen) atoms. The second-order valence-corrected chi connectivity index (χ2v) is 3.87. The molecule has 1 aliphatic rings. The molecule has 0 spiro atoms. The van der Waals surface area contributed by atoms with E-state index in [-0.39, 0.29) is 0 Å². The summed E-state index contributed by atoms with van der Waals surface area (Å²) in [5, 5.41) is 0. The fourth-order valence-corrected chi connectivity index (χ4v) is 1.97. The topological polar surface area (TPSA) is 16.4 Å². The Balaban J connectivity index is 2.15. The highest BCUT2D eigenvalue weighted by Gasteiger charge is 2.17. The van der Waals surface area contributed by atoms with Crippen molar-refractivity contribution in [3.05, 3.63) is 36.4 Å². The molecule has 2 nitrogen and oxygen atoms in total. The maximum absolute atomic E-state index is 5.46. The van der Waals surface area contributed by atoms with Crippen molar-refractivity contribution in [1.82, 2.24) is 4.90 Å². The Morgan fingerprint density at radius 3 is 3.14 bits per heavy atom. The zero-order valence-corrected chi connectivity index (χ0v) is 8.65. The Kier molecular flexibility index (Phi) is 2.92. The lowest BCUT2D eigenvalue weighted by Gasteiger charge is -2.26. The van der Waals surface area contributed by atoms with E-state index in [0.29, 0.717) is 6.04 Å². The van der Waals surface area contributed by atoms with Crippen LogP contribution in [0.15, 0.2) is 35.1 Å². The van der Waals surface area contributed by atoms with E-state index in [1.54, 1.807) is 6.26 Å². The van der Waals surface area contributed by atoms with Crippen LogP contribution in [0.1, 0.15) is 37.5 Å². The van der Waals surface area contributed by atoms with Crippen molar-refractivity contribution in [2.75, 3.05) is 7.05 Å². The number of allylic oxidation sites excluding steroid dienone is 1. The minimum Gasteiger partial charge on any atom is -0.467 e. The molecule has 0 N–H and O–H groups in total. The van der Waals surface area contributed by atoms with Crippen LogP contribution in [0.2, 0.25) is 0 Å². The maximum Gasteiger partial charge on any atom is 0.126 e. The van der Waals surface area contributed by atoms with Crippen molar-refractivity contribution >= 4 is 0 Å². The number of rotatable bonds is 1. The molecular formula is C12H17NO. The van der Waals surface area contributed by atoms with Crippen LogP contribution in [0, 0.1) is 0 Å². The predicted octanol–water partition coefficient (Wildman–Crippen LogP) is 3.34. The van der Waals surface area contributed by atoms with Crippen LogP contribution in [-0.4, -0.2) is 11.9 Å². The van der Waals surface area contributed by atoms with Gasteiger partial charge in [0.05, 0.1) is 12.3 Å². The Morgan fingerprint density at radius 1 is 1.43 bits per heavy atom. The van der Waals surface area contributed by atoms with Gasteiger partial charge >= 0.3 is 0 Å². The zero-order chi connectivity index (χ0) is 9.80. The number of furan rings is 1. The Hall–Kier alpha value is -1.18. The third kappa shape index (κ3) is 2.00. The predicted molar refractivity (Wildman–Crippen MR) is 56.8 cm³/mol. The molecule has 76 valence electrons. The summed E-state index contributed by atoms with van der Waals surface area (Å²) in [7, 11) is 2.12. The van der Waals surface area contributed by atoms with Gasteiger partial charge in [0.2, 0.25) is 0 Å². The van der Waals surface area contributed by atoms with Gasteiger partial charge in [-0.3, -0.25) is 0 Å². The van der Waals surface area contributed by atoms with E-state index in [0.717, 1.165) is 5.76 Å². The van der Waals surface area contributed by atoms with E-state index in [9.17, 15) is 0 Å². The summed E-state index contributed by atoms with van der Waals surface area (Å²) in [6.07, 6.45) is 11.1. The molecule has 0 radical (unpaired) electrons. The lowest BCUT2D eigenvalue weighted by Crippen LogP contribution is -2.19.